The van der Waals surface area contributed by atoms with Crippen LogP contribution in [-0.2, 0) is 9.47 Å². The van der Waals surface area contributed by atoms with Crippen molar-refractivity contribution in [3.05, 3.63) is 23.8 Å². The summed E-state index contributed by atoms with van der Waals surface area (Å²) >= 11 is 0. The predicted octanol–water partition coefficient (Wildman–Crippen LogP) is 2.39. The van der Waals surface area contributed by atoms with Gasteiger partial charge in [0.15, 0.2) is 11.5 Å². The highest BCUT2D eigenvalue weighted by Gasteiger charge is 2.23. The van der Waals surface area contributed by atoms with E-state index in [9.17, 15) is 0 Å². The second kappa shape index (κ2) is 6.64. The van der Waals surface area contributed by atoms with Crippen LogP contribution >= 0.6 is 0 Å². The fourth-order valence-electron chi connectivity index (χ4n) is 2.95. The maximum Gasteiger partial charge on any atom is 0.231 e. The van der Waals surface area contributed by atoms with Gasteiger partial charge in [0.25, 0.3) is 0 Å². The van der Waals surface area contributed by atoms with Crippen LogP contribution < -0.4 is 15.2 Å². The number of fused-ring (bicyclic) bond motifs is 1. The monoisotopic (exact) mass is 293 g/mol. The fourth-order valence-corrected chi connectivity index (χ4v) is 2.95. The lowest BCUT2D eigenvalue weighted by Crippen LogP contribution is -2.30. The zero-order chi connectivity index (χ0) is 14.7. The van der Waals surface area contributed by atoms with E-state index in [0.29, 0.717) is 12.7 Å². The van der Waals surface area contributed by atoms with Gasteiger partial charge in [-0.3, -0.25) is 0 Å². The highest BCUT2D eigenvalue weighted by atomic mass is 16.7. The minimum Gasteiger partial charge on any atom is -0.454 e. The number of ether oxygens (including phenoxy) is 4. The fraction of sp³-hybridized carbons (Fsp3) is 0.625. The third-order valence-corrected chi connectivity index (χ3v) is 4.25. The molecule has 1 fully saturated rings. The number of nitrogens with two attached hydrogens (primary N) is 1. The molecular weight excluding hydrogens is 270 g/mol. The van der Waals surface area contributed by atoms with Gasteiger partial charge in [0.2, 0.25) is 6.79 Å². The summed E-state index contributed by atoms with van der Waals surface area (Å²) < 4.78 is 22.1. The first-order valence-corrected chi connectivity index (χ1v) is 7.56. The lowest BCUT2D eigenvalue weighted by atomic mass is 9.95. The second-order valence-corrected chi connectivity index (χ2v) is 5.70. The van der Waals surface area contributed by atoms with Crippen molar-refractivity contribution in [1.82, 2.24) is 0 Å². The smallest absolute Gasteiger partial charge is 0.231 e. The predicted molar refractivity (Wildman–Crippen MR) is 78.5 cm³/mol. The van der Waals surface area contributed by atoms with Gasteiger partial charge in [-0.1, -0.05) is 6.07 Å². The topological polar surface area (TPSA) is 62.9 Å². The van der Waals surface area contributed by atoms with Crippen molar-refractivity contribution in [1.29, 1.82) is 0 Å². The number of methoxy groups -OCH3 is 1. The van der Waals surface area contributed by atoms with Gasteiger partial charge >= 0.3 is 0 Å². The molecule has 1 saturated carbocycles. The summed E-state index contributed by atoms with van der Waals surface area (Å²) in [5, 5.41) is 0. The minimum absolute atomic E-state index is 0.151. The van der Waals surface area contributed by atoms with E-state index in [4.69, 9.17) is 24.7 Å². The zero-order valence-electron chi connectivity index (χ0n) is 12.4. The van der Waals surface area contributed by atoms with Crippen molar-refractivity contribution in [2.45, 2.75) is 43.9 Å². The van der Waals surface area contributed by atoms with Crippen molar-refractivity contribution >= 4 is 0 Å². The highest BCUT2D eigenvalue weighted by molar-refractivity contribution is 5.45. The largest absolute Gasteiger partial charge is 0.454 e. The molecule has 21 heavy (non-hydrogen) atoms. The summed E-state index contributed by atoms with van der Waals surface area (Å²) in [6.07, 6.45) is 4.92. The van der Waals surface area contributed by atoms with Gasteiger partial charge in [-0.2, -0.15) is 0 Å². The first-order valence-electron chi connectivity index (χ1n) is 7.56. The third kappa shape index (κ3) is 3.48. The lowest BCUT2D eigenvalue weighted by Gasteiger charge is -2.29. The Hall–Kier alpha value is -1.30. The van der Waals surface area contributed by atoms with Crippen molar-refractivity contribution < 1.29 is 18.9 Å². The minimum atomic E-state index is -0.151. The van der Waals surface area contributed by atoms with Crippen LogP contribution in [0.5, 0.6) is 11.5 Å². The standard InChI is InChI=1S/C16H23NO4/c1-18-12-3-2-4-13(8-12)19-9-14(17)11-5-6-15-16(7-11)21-10-20-15/h5-7,12-14H,2-4,8-10,17H2,1H3. The van der Waals surface area contributed by atoms with Crippen LogP contribution in [0.3, 0.4) is 0 Å². The van der Waals surface area contributed by atoms with Crippen LogP contribution in [-0.4, -0.2) is 32.7 Å². The number of rotatable bonds is 5. The number of hydrogen-bond donors (Lipinski definition) is 1. The van der Waals surface area contributed by atoms with Gasteiger partial charge in [0.1, 0.15) is 0 Å². The number of hydrogen-bond acceptors (Lipinski definition) is 5. The zero-order valence-corrected chi connectivity index (χ0v) is 12.4. The molecule has 1 heterocycles. The van der Waals surface area contributed by atoms with Gasteiger partial charge in [-0.25, -0.2) is 0 Å². The molecule has 116 valence electrons. The second-order valence-electron chi connectivity index (χ2n) is 5.70. The van der Waals surface area contributed by atoms with Gasteiger partial charge in [-0.15, -0.1) is 0 Å². The summed E-state index contributed by atoms with van der Waals surface area (Å²) in [6, 6.07) is 5.66. The molecule has 2 N–H and O–H groups in total. The summed E-state index contributed by atoms with van der Waals surface area (Å²) in [6.45, 7) is 0.797. The Morgan fingerprint density at radius 3 is 2.90 bits per heavy atom. The van der Waals surface area contributed by atoms with E-state index in [2.05, 4.69) is 0 Å². The van der Waals surface area contributed by atoms with E-state index in [-0.39, 0.29) is 18.9 Å². The molecular formula is C16H23NO4. The molecule has 1 aromatic rings. The van der Waals surface area contributed by atoms with E-state index in [0.717, 1.165) is 42.7 Å². The van der Waals surface area contributed by atoms with Crippen LogP contribution in [0.25, 0.3) is 0 Å². The third-order valence-electron chi connectivity index (χ3n) is 4.25. The van der Waals surface area contributed by atoms with E-state index in [1.54, 1.807) is 7.11 Å². The van der Waals surface area contributed by atoms with Crippen LogP contribution in [0.1, 0.15) is 37.3 Å². The molecule has 3 rings (SSSR count). The molecule has 0 bridgehead atoms. The maximum atomic E-state index is 6.22. The Balaban J connectivity index is 1.53. The first kappa shape index (κ1) is 14.6. The Morgan fingerprint density at radius 1 is 1.24 bits per heavy atom. The Morgan fingerprint density at radius 2 is 2.05 bits per heavy atom. The van der Waals surface area contributed by atoms with E-state index in [1.807, 2.05) is 18.2 Å². The molecule has 0 saturated heterocycles. The summed E-state index contributed by atoms with van der Waals surface area (Å²) in [5.41, 5.74) is 7.23. The molecule has 0 aromatic heterocycles. The van der Waals surface area contributed by atoms with Crippen LogP contribution in [0.15, 0.2) is 18.2 Å². The van der Waals surface area contributed by atoms with Gasteiger partial charge in [0.05, 0.1) is 24.9 Å². The van der Waals surface area contributed by atoms with Gasteiger partial charge < -0.3 is 24.7 Å². The number of benzene rings is 1. The Labute approximate surface area is 125 Å². The summed E-state index contributed by atoms with van der Waals surface area (Å²) in [5.74, 6) is 1.54. The Kier molecular flexibility index (Phi) is 4.63. The van der Waals surface area contributed by atoms with Crippen molar-refractivity contribution in [2.24, 2.45) is 5.73 Å². The van der Waals surface area contributed by atoms with E-state index < -0.39 is 0 Å². The first-order chi connectivity index (χ1) is 10.3. The molecule has 1 aliphatic carbocycles. The molecule has 5 nitrogen and oxygen atoms in total. The van der Waals surface area contributed by atoms with E-state index in [1.165, 1.54) is 0 Å². The summed E-state index contributed by atoms with van der Waals surface area (Å²) in [7, 11) is 1.77. The molecule has 0 spiro atoms. The molecule has 3 unspecified atom stereocenters. The molecule has 1 aromatic carbocycles. The van der Waals surface area contributed by atoms with Gasteiger partial charge in [-0.05, 0) is 43.4 Å². The quantitative estimate of drug-likeness (QED) is 0.903. The van der Waals surface area contributed by atoms with Crippen molar-refractivity contribution in [3.8, 4) is 11.5 Å². The molecule has 5 heteroatoms. The SMILES string of the molecule is COC1CCCC(OCC(N)c2ccc3c(c2)OCO3)C1. The molecule has 0 radical (unpaired) electrons. The average Bonchev–Trinajstić information content (AvgIpc) is 3.00. The maximum absolute atomic E-state index is 6.22. The van der Waals surface area contributed by atoms with Crippen molar-refractivity contribution in [3.63, 3.8) is 0 Å². The molecule has 0 amide bonds. The van der Waals surface area contributed by atoms with Crippen LogP contribution in [0.2, 0.25) is 0 Å². The average molecular weight is 293 g/mol. The van der Waals surface area contributed by atoms with Crippen molar-refractivity contribution in [2.75, 3.05) is 20.5 Å². The van der Waals surface area contributed by atoms with E-state index >= 15 is 0 Å². The summed E-state index contributed by atoms with van der Waals surface area (Å²) in [4.78, 5) is 0. The Bertz CT molecular complexity index is 479. The highest BCUT2D eigenvalue weighted by Crippen LogP contribution is 2.34. The molecule has 2 aliphatic rings. The van der Waals surface area contributed by atoms with Crippen LogP contribution in [0.4, 0.5) is 0 Å². The lowest BCUT2D eigenvalue weighted by molar-refractivity contribution is -0.0332. The molecule has 3 atom stereocenters. The van der Waals surface area contributed by atoms with Crippen LogP contribution in [0, 0.1) is 0 Å². The molecule has 1 aliphatic heterocycles. The normalized spacial score (nSPS) is 25.8. The van der Waals surface area contributed by atoms with Gasteiger partial charge in [0, 0.05) is 7.11 Å².